The summed E-state index contributed by atoms with van der Waals surface area (Å²) in [6.45, 7) is 0. The standard InChI is InChI=1S/C9H11NO3.H2Se/c10-8(9(12)13)5-6-1-3-7(11)4-2-6;/h1-4,8,11H,5,10H2,(H,12,13);1H2. The molecule has 0 aliphatic heterocycles. The van der Waals surface area contributed by atoms with Gasteiger partial charge in [0.15, 0.2) is 0 Å². The molecule has 1 atom stereocenters. The molecule has 0 fully saturated rings. The Morgan fingerprint density at radius 1 is 1.36 bits per heavy atom. The molecule has 0 bridgehead atoms. The van der Waals surface area contributed by atoms with Crippen LogP contribution in [0.4, 0.5) is 0 Å². The molecule has 5 heteroatoms. The summed E-state index contributed by atoms with van der Waals surface area (Å²) >= 11 is 0. The fourth-order valence-electron chi connectivity index (χ4n) is 0.973. The van der Waals surface area contributed by atoms with Gasteiger partial charge in [0, 0.05) is 0 Å². The number of aromatic hydroxyl groups is 1. The maximum atomic E-state index is 10.4. The molecule has 1 aromatic carbocycles. The van der Waals surface area contributed by atoms with Crippen LogP contribution in [0.25, 0.3) is 0 Å². The van der Waals surface area contributed by atoms with Crippen LogP contribution >= 0.6 is 0 Å². The minimum absolute atomic E-state index is 0. The van der Waals surface area contributed by atoms with Gasteiger partial charge in [-0.15, -0.1) is 0 Å². The van der Waals surface area contributed by atoms with Gasteiger partial charge in [0.2, 0.25) is 0 Å². The van der Waals surface area contributed by atoms with Crippen molar-refractivity contribution in [1.29, 1.82) is 0 Å². The van der Waals surface area contributed by atoms with Gasteiger partial charge in [-0.2, -0.15) is 0 Å². The van der Waals surface area contributed by atoms with Crippen molar-refractivity contribution in [1.82, 2.24) is 0 Å². The van der Waals surface area contributed by atoms with E-state index in [1.165, 1.54) is 12.1 Å². The van der Waals surface area contributed by atoms with Gasteiger partial charge < -0.3 is 15.9 Å². The summed E-state index contributed by atoms with van der Waals surface area (Å²) in [5.74, 6) is -0.860. The summed E-state index contributed by atoms with van der Waals surface area (Å²) in [6, 6.07) is 5.42. The van der Waals surface area contributed by atoms with Gasteiger partial charge in [-0.3, -0.25) is 4.79 Å². The van der Waals surface area contributed by atoms with Crippen LogP contribution in [0.5, 0.6) is 5.75 Å². The maximum absolute atomic E-state index is 10.4. The summed E-state index contributed by atoms with van der Waals surface area (Å²) in [5, 5.41) is 17.5. The summed E-state index contributed by atoms with van der Waals surface area (Å²) in [5.41, 5.74) is 6.12. The third-order valence-electron chi connectivity index (χ3n) is 1.71. The Bertz CT molecular complexity index is 299. The van der Waals surface area contributed by atoms with Gasteiger partial charge in [0.1, 0.15) is 11.8 Å². The number of aliphatic carboxylic acids is 1. The van der Waals surface area contributed by atoms with E-state index in [-0.39, 0.29) is 29.2 Å². The number of carbonyl (C=O) groups is 1. The van der Waals surface area contributed by atoms with E-state index in [1.807, 2.05) is 0 Å². The molecular formula is C9H13NO3Se. The summed E-state index contributed by atoms with van der Waals surface area (Å²) in [4.78, 5) is 10.4. The van der Waals surface area contributed by atoms with Crippen LogP contribution in [0, 0.1) is 0 Å². The van der Waals surface area contributed by atoms with Crippen molar-refractivity contribution in [3.8, 4) is 5.75 Å². The Morgan fingerprint density at radius 2 is 1.86 bits per heavy atom. The molecule has 1 aromatic rings. The number of phenols is 1. The first-order valence-electron chi connectivity index (χ1n) is 3.86. The van der Waals surface area contributed by atoms with Crippen molar-refractivity contribution < 1.29 is 15.0 Å². The molecule has 4 nitrogen and oxygen atoms in total. The quantitative estimate of drug-likeness (QED) is 0.637. The Kier molecular flexibility index (Phi) is 5.23. The number of hydrogen-bond donors (Lipinski definition) is 3. The average Bonchev–Trinajstić information content (AvgIpc) is 2.08. The monoisotopic (exact) mass is 263 g/mol. The Labute approximate surface area is 92.2 Å². The fourth-order valence-corrected chi connectivity index (χ4v) is 0.973. The molecule has 14 heavy (non-hydrogen) atoms. The van der Waals surface area contributed by atoms with E-state index in [2.05, 4.69) is 0 Å². The second kappa shape index (κ2) is 5.65. The molecule has 4 N–H and O–H groups in total. The molecule has 0 aliphatic rings. The molecule has 0 aliphatic carbocycles. The van der Waals surface area contributed by atoms with E-state index >= 15 is 0 Å². The molecule has 1 unspecified atom stereocenters. The third-order valence-corrected chi connectivity index (χ3v) is 1.71. The van der Waals surface area contributed by atoms with Crippen LogP contribution in [0.2, 0.25) is 0 Å². The zero-order valence-electron chi connectivity index (χ0n) is 7.47. The summed E-state index contributed by atoms with van der Waals surface area (Å²) < 4.78 is 0. The van der Waals surface area contributed by atoms with E-state index in [4.69, 9.17) is 15.9 Å². The number of carboxylic acid groups (broad SMARTS) is 1. The number of benzene rings is 1. The molecule has 0 aromatic heterocycles. The van der Waals surface area contributed by atoms with Gasteiger partial charge in [-0.1, -0.05) is 12.1 Å². The average molecular weight is 262 g/mol. The summed E-state index contributed by atoms with van der Waals surface area (Å²) in [6.07, 6.45) is 0.273. The third kappa shape index (κ3) is 3.79. The van der Waals surface area contributed by atoms with Crippen LogP contribution in [-0.2, 0) is 11.2 Å². The molecule has 0 saturated heterocycles. The summed E-state index contributed by atoms with van der Waals surface area (Å²) in [7, 11) is 0. The SMILES string of the molecule is NC(Cc1ccc(O)cc1)C(=O)O.[SeH2]. The van der Waals surface area contributed by atoms with Gasteiger partial charge >= 0.3 is 23.0 Å². The topological polar surface area (TPSA) is 83.5 Å². The first-order valence-corrected chi connectivity index (χ1v) is 3.86. The number of nitrogens with two attached hydrogens (primary N) is 1. The molecule has 0 spiro atoms. The van der Waals surface area contributed by atoms with E-state index in [0.29, 0.717) is 0 Å². The predicted octanol–water partition coefficient (Wildman–Crippen LogP) is -0.570. The van der Waals surface area contributed by atoms with Crippen molar-refractivity contribution >= 4 is 23.0 Å². The van der Waals surface area contributed by atoms with Crippen LogP contribution < -0.4 is 5.73 Å². The number of phenolic OH excluding ortho intramolecular Hbond substituents is 1. The zero-order chi connectivity index (χ0) is 9.84. The molecule has 78 valence electrons. The molecule has 0 radical (unpaired) electrons. The van der Waals surface area contributed by atoms with Crippen molar-refractivity contribution in [2.75, 3.05) is 0 Å². The second-order valence-electron chi connectivity index (χ2n) is 2.82. The normalized spacial score (nSPS) is 11.5. The van der Waals surface area contributed by atoms with Gasteiger partial charge in [0.25, 0.3) is 0 Å². The number of carboxylic acids is 1. The van der Waals surface area contributed by atoms with Crippen molar-refractivity contribution in [3.63, 3.8) is 0 Å². The molecule has 0 heterocycles. The molecule has 1 rings (SSSR count). The van der Waals surface area contributed by atoms with E-state index in [9.17, 15) is 4.79 Å². The molecular weight excluding hydrogens is 249 g/mol. The fraction of sp³-hybridized carbons (Fsp3) is 0.222. The van der Waals surface area contributed by atoms with Crippen LogP contribution in [0.3, 0.4) is 0 Å². The predicted molar refractivity (Wildman–Crippen MR) is 56.0 cm³/mol. The first kappa shape index (κ1) is 13.0. The second-order valence-corrected chi connectivity index (χ2v) is 2.82. The number of rotatable bonds is 3. The van der Waals surface area contributed by atoms with Gasteiger partial charge in [-0.25, -0.2) is 0 Å². The minimum atomic E-state index is -1.02. The Morgan fingerprint density at radius 3 is 2.29 bits per heavy atom. The van der Waals surface area contributed by atoms with Gasteiger partial charge in [-0.05, 0) is 24.1 Å². The van der Waals surface area contributed by atoms with Crippen molar-refractivity contribution in [2.24, 2.45) is 5.73 Å². The van der Waals surface area contributed by atoms with Crippen LogP contribution in [0.1, 0.15) is 5.56 Å². The van der Waals surface area contributed by atoms with E-state index in [0.717, 1.165) is 5.56 Å². The van der Waals surface area contributed by atoms with E-state index in [1.54, 1.807) is 12.1 Å². The number of hydrogen-bond acceptors (Lipinski definition) is 3. The van der Waals surface area contributed by atoms with E-state index < -0.39 is 12.0 Å². The molecule has 0 amide bonds. The first-order chi connectivity index (χ1) is 6.09. The molecule has 0 saturated carbocycles. The van der Waals surface area contributed by atoms with Crippen LogP contribution in [0.15, 0.2) is 24.3 Å². The Hall–Kier alpha value is -1.03. The zero-order valence-corrected chi connectivity index (χ0v) is 9.57. The van der Waals surface area contributed by atoms with Crippen molar-refractivity contribution in [2.45, 2.75) is 12.5 Å². The Balaban J connectivity index is 0.00000169. The van der Waals surface area contributed by atoms with Crippen LogP contribution in [-0.4, -0.2) is 39.3 Å². The van der Waals surface area contributed by atoms with Crippen molar-refractivity contribution in [3.05, 3.63) is 29.8 Å². The van der Waals surface area contributed by atoms with Gasteiger partial charge in [0.05, 0.1) is 0 Å².